The number of nitrogen functional groups attached to an aromatic ring is 1. The van der Waals surface area contributed by atoms with Gasteiger partial charge in [0, 0.05) is 12.8 Å². The highest BCUT2D eigenvalue weighted by Crippen LogP contribution is 2.24. The number of anilines is 2. The maximum atomic E-state index is 5.72. The molecule has 0 saturated carbocycles. The molecule has 0 aliphatic carbocycles. The van der Waals surface area contributed by atoms with Crippen LogP contribution in [0, 0.1) is 0 Å². The molecule has 7 nitrogen and oxygen atoms in total. The van der Waals surface area contributed by atoms with E-state index in [2.05, 4.69) is 32.1 Å². The number of rotatable bonds is 3. The topological polar surface area (TPSA) is 96.1 Å². The second-order valence-corrected chi connectivity index (χ2v) is 5.67. The number of fused-ring (bicyclic) bond motifs is 1. The summed E-state index contributed by atoms with van der Waals surface area (Å²) >= 11 is 1.80. The second kappa shape index (κ2) is 4.69. The SMILES string of the molecule is CC1CSC(CN(C)c2nc(N)nc3[nH]ncc23)=N1. The molecule has 0 bridgehead atoms. The Hall–Kier alpha value is -1.83. The van der Waals surface area contributed by atoms with Gasteiger partial charge in [-0.15, -0.1) is 11.8 Å². The van der Waals surface area contributed by atoms with E-state index in [1.165, 1.54) is 0 Å². The van der Waals surface area contributed by atoms with E-state index in [0.717, 1.165) is 28.5 Å². The fourth-order valence-corrected chi connectivity index (χ4v) is 3.08. The van der Waals surface area contributed by atoms with Crippen molar-refractivity contribution in [2.24, 2.45) is 4.99 Å². The number of aromatic nitrogens is 4. The average Bonchev–Trinajstić information content (AvgIpc) is 2.96. The van der Waals surface area contributed by atoms with Crippen LogP contribution >= 0.6 is 11.8 Å². The summed E-state index contributed by atoms with van der Waals surface area (Å²) in [6, 6.07) is 0.401. The first kappa shape index (κ1) is 12.2. The van der Waals surface area contributed by atoms with Crippen molar-refractivity contribution in [3.05, 3.63) is 6.20 Å². The Bertz CT molecular complexity index is 635. The van der Waals surface area contributed by atoms with Crippen molar-refractivity contribution in [1.82, 2.24) is 20.2 Å². The van der Waals surface area contributed by atoms with E-state index >= 15 is 0 Å². The van der Waals surface area contributed by atoms with Gasteiger partial charge in [-0.3, -0.25) is 10.1 Å². The number of hydrogen-bond acceptors (Lipinski definition) is 7. The summed E-state index contributed by atoms with van der Waals surface area (Å²) in [5, 5.41) is 8.79. The molecule has 19 heavy (non-hydrogen) atoms. The third kappa shape index (κ3) is 2.35. The third-order valence-electron chi connectivity index (χ3n) is 2.90. The third-order valence-corrected chi connectivity index (χ3v) is 4.11. The Morgan fingerprint density at radius 3 is 3.11 bits per heavy atom. The number of aromatic amines is 1. The number of nitrogens with zero attached hydrogens (tertiary/aromatic N) is 5. The van der Waals surface area contributed by atoms with E-state index in [0.29, 0.717) is 11.7 Å². The molecule has 0 fully saturated rings. The van der Waals surface area contributed by atoms with E-state index in [1.807, 2.05) is 11.9 Å². The number of aliphatic imine (C=N–C) groups is 1. The van der Waals surface area contributed by atoms with Gasteiger partial charge < -0.3 is 10.6 Å². The average molecular weight is 277 g/mol. The number of nitrogens with one attached hydrogen (secondary N) is 1. The van der Waals surface area contributed by atoms with Crippen LogP contribution in [0.25, 0.3) is 11.0 Å². The molecule has 0 amide bonds. The van der Waals surface area contributed by atoms with Crippen molar-refractivity contribution in [2.45, 2.75) is 13.0 Å². The number of thioether (sulfide) groups is 1. The summed E-state index contributed by atoms with van der Waals surface area (Å²) in [4.78, 5) is 15.0. The monoisotopic (exact) mass is 277 g/mol. The zero-order valence-electron chi connectivity index (χ0n) is 10.8. The van der Waals surface area contributed by atoms with Crippen LogP contribution in [-0.2, 0) is 0 Å². The van der Waals surface area contributed by atoms with Gasteiger partial charge in [-0.2, -0.15) is 15.1 Å². The molecule has 100 valence electrons. The van der Waals surface area contributed by atoms with Crippen LogP contribution in [0.15, 0.2) is 11.2 Å². The highest BCUT2D eigenvalue weighted by Gasteiger charge is 2.18. The Kier molecular flexibility index (Phi) is 3.02. The van der Waals surface area contributed by atoms with Crippen LogP contribution in [-0.4, -0.2) is 50.6 Å². The lowest BCUT2D eigenvalue weighted by Crippen LogP contribution is -2.25. The molecule has 1 aliphatic heterocycles. The number of H-pyrrole nitrogens is 1. The van der Waals surface area contributed by atoms with Gasteiger partial charge in [-0.1, -0.05) is 0 Å². The lowest BCUT2D eigenvalue weighted by molar-refractivity contribution is 0.861. The summed E-state index contributed by atoms with van der Waals surface area (Å²) in [5.74, 6) is 2.07. The molecule has 2 aromatic heterocycles. The van der Waals surface area contributed by atoms with Gasteiger partial charge >= 0.3 is 0 Å². The molecule has 3 N–H and O–H groups in total. The molecule has 1 atom stereocenters. The lowest BCUT2D eigenvalue weighted by Gasteiger charge is -2.18. The minimum Gasteiger partial charge on any atom is -0.368 e. The van der Waals surface area contributed by atoms with Gasteiger partial charge in [0.1, 0.15) is 5.82 Å². The van der Waals surface area contributed by atoms with Gasteiger partial charge in [-0.25, -0.2) is 0 Å². The quantitative estimate of drug-likeness (QED) is 0.865. The smallest absolute Gasteiger partial charge is 0.224 e. The van der Waals surface area contributed by atoms with Gasteiger partial charge in [0.2, 0.25) is 5.95 Å². The first-order valence-electron chi connectivity index (χ1n) is 6.00. The zero-order valence-corrected chi connectivity index (χ0v) is 11.6. The predicted molar refractivity (Wildman–Crippen MR) is 78.7 cm³/mol. The number of hydrogen-bond donors (Lipinski definition) is 2. The molecule has 3 rings (SSSR count). The summed E-state index contributed by atoms with van der Waals surface area (Å²) in [6.07, 6.45) is 1.72. The first-order valence-corrected chi connectivity index (χ1v) is 6.99. The van der Waals surface area contributed by atoms with Crippen LogP contribution in [0.2, 0.25) is 0 Å². The Balaban J connectivity index is 1.90. The fraction of sp³-hybridized carbons (Fsp3) is 0.455. The minimum absolute atomic E-state index is 0.244. The fourth-order valence-electron chi connectivity index (χ4n) is 2.03. The number of nitrogens with two attached hydrogens (primary N) is 1. The van der Waals surface area contributed by atoms with Gasteiger partial charge in [-0.05, 0) is 6.92 Å². The van der Waals surface area contributed by atoms with Crippen molar-refractivity contribution in [2.75, 3.05) is 30.0 Å². The first-order chi connectivity index (χ1) is 9.13. The van der Waals surface area contributed by atoms with Crippen LogP contribution in [0.3, 0.4) is 0 Å². The summed E-state index contributed by atoms with van der Waals surface area (Å²) in [5.41, 5.74) is 6.38. The van der Waals surface area contributed by atoms with Gasteiger partial charge in [0.05, 0.1) is 29.2 Å². The Morgan fingerprint density at radius 2 is 2.37 bits per heavy atom. The Labute approximate surface area is 114 Å². The summed E-state index contributed by atoms with van der Waals surface area (Å²) in [7, 11) is 1.97. The van der Waals surface area contributed by atoms with Crippen molar-refractivity contribution in [3.63, 3.8) is 0 Å². The van der Waals surface area contributed by atoms with E-state index in [-0.39, 0.29) is 5.95 Å². The maximum absolute atomic E-state index is 5.72. The van der Waals surface area contributed by atoms with Crippen molar-refractivity contribution in [1.29, 1.82) is 0 Å². The normalized spacial score (nSPS) is 18.8. The van der Waals surface area contributed by atoms with Crippen LogP contribution in [0.4, 0.5) is 11.8 Å². The van der Waals surface area contributed by atoms with Crippen LogP contribution < -0.4 is 10.6 Å². The standard InChI is InChI=1S/C11H15N7S/c1-6-5-19-8(14-6)4-18(2)10-7-3-13-17-9(7)15-11(12)16-10/h3,6H,4-5H2,1-2H3,(H3,12,13,15,16,17). The molecule has 1 aliphatic rings. The molecule has 1 unspecified atom stereocenters. The molecule has 8 heteroatoms. The van der Waals surface area contributed by atoms with E-state index in [1.54, 1.807) is 18.0 Å². The van der Waals surface area contributed by atoms with Crippen molar-refractivity contribution in [3.8, 4) is 0 Å². The molecule has 0 saturated heterocycles. The molecule has 0 spiro atoms. The molecule has 2 aromatic rings. The zero-order chi connectivity index (χ0) is 13.4. The van der Waals surface area contributed by atoms with E-state index in [4.69, 9.17) is 5.73 Å². The van der Waals surface area contributed by atoms with Gasteiger partial charge in [0.25, 0.3) is 0 Å². The van der Waals surface area contributed by atoms with Crippen molar-refractivity contribution >= 4 is 39.6 Å². The maximum Gasteiger partial charge on any atom is 0.224 e. The minimum atomic E-state index is 0.244. The Morgan fingerprint density at radius 1 is 1.53 bits per heavy atom. The molecule has 0 radical (unpaired) electrons. The predicted octanol–water partition coefficient (Wildman–Crippen LogP) is 0.905. The molecule has 3 heterocycles. The molecular weight excluding hydrogens is 262 g/mol. The van der Waals surface area contributed by atoms with Gasteiger partial charge in [0.15, 0.2) is 5.65 Å². The molecule has 0 aromatic carbocycles. The van der Waals surface area contributed by atoms with Crippen LogP contribution in [0.1, 0.15) is 6.92 Å². The van der Waals surface area contributed by atoms with E-state index in [9.17, 15) is 0 Å². The second-order valence-electron chi connectivity index (χ2n) is 4.58. The highest BCUT2D eigenvalue weighted by atomic mass is 32.2. The van der Waals surface area contributed by atoms with Crippen molar-refractivity contribution < 1.29 is 0 Å². The van der Waals surface area contributed by atoms with E-state index < -0.39 is 0 Å². The summed E-state index contributed by atoms with van der Waals surface area (Å²) in [6.45, 7) is 2.85. The lowest BCUT2D eigenvalue weighted by atomic mass is 10.3. The van der Waals surface area contributed by atoms with Crippen LogP contribution in [0.5, 0.6) is 0 Å². The highest BCUT2D eigenvalue weighted by molar-refractivity contribution is 8.14. The largest absolute Gasteiger partial charge is 0.368 e. The summed E-state index contributed by atoms with van der Waals surface area (Å²) < 4.78 is 0. The molecular formula is C11H15N7S.